The molecule has 3 N–H and O–H groups in total. The summed E-state index contributed by atoms with van der Waals surface area (Å²) in [4.78, 5) is 11.0. The Hall–Kier alpha value is -1.85. The van der Waals surface area contributed by atoms with E-state index >= 15 is 0 Å². The number of halogens is 1. The Kier molecular flexibility index (Phi) is 7.02. The molecule has 2 aromatic rings. The van der Waals surface area contributed by atoms with E-state index < -0.39 is 12.0 Å². The predicted octanol–water partition coefficient (Wildman–Crippen LogP) is 4.19. The van der Waals surface area contributed by atoms with Crippen LogP contribution in [0.3, 0.4) is 0 Å². The van der Waals surface area contributed by atoms with Crippen molar-refractivity contribution in [2.24, 2.45) is 5.73 Å². The van der Waals surface area contributed by atoms with Crippen LogP contribution in [0, 0.1) is 5.82 Å². The maximum absolute atomic E-state index is 13.3. The van der Waals surface area contributed by atoms with Crippen molar-refractivity contribution in [3.05, 3.63) is 70.5 Å². The molecule has 2 atom stereocenters. The highest BCUT2D eigenvalue weighted by Crippen LogP contribution is 2.37. The molecule has 0 amide bonds. The number of carboxylic acids is 1. The number of carbonyl (C=O) groups is 1. The van der Waals surface area contributed by atoms with E-state index in [9.17, 15) is 9.18 Å². The summed E-state index contributed by atoms with van der Waals surface area (Å²) < 4.78 is 13.3. The minimum absolute atomic E-state index is 0.0813. The van der Waals surface area contributed by atoms with E-state index in [4.69, 9.17) is 10.8 Å². The predicted molar refractivity (Wildman–Crippen MR) is 102 cm³/mol. The molecule has 134 valence electrons. The number of aryl methyl sites for hydroxylation is 2. The van der Waals surface area contributed by atoms with E-state index in [2.05, 4.69) is 32.0 Å². The van der Waals surface area contributed by atoms with Gasteiger partial charge in [-0.15, -0.1) is 11.8 Å². The summed E-state index contributed by atoms with van der Waals surface area (Å²) in [5.74, 6) is -1.01. The molecule has 2 aromatic carbocycles. The zero-order chi connectivity index (χ0) is 18.4. The van der Waals surface area contributed by atoms with Crippen molar-refractivity contribution in [1.82, 2.24) is 0 Å². The van der Waals surface area contributed by atoms with Gasteiger partial charge in [0, 0.05) is 5.75 Å². The van der Waals surface area contributed by atoms with Gasteiger partial charge < -0.3 is 10.8 Å². The van der Waals surface area contributed by atoms with Crippen LogP contribution in [0.15, 0.2) is 42.5 Å². The molecule has 2 rings (SSSR count). The summed E-state index contributed by atoms with van der Waals surface area (Å²) in [5.41, 5.74) is 10.3. The van der Waals surface area contributed by atoms with Crippen LogP contribution >= 0.6 is 11.8 Å². The minimum Gasteiger partial charge on any atom is -0.480 e. The average Bonchev–Trinajstić information content (AvgIpc) is 2.62. The first-order valence-corrected chi connectivity index (χ1v) is 9.48. The first-order chi connectivity index (χ1) is 12.0. The zero-order valence-electron chi connectivity index (χ0n) is 14.5. The second-order valence-corrected chi connectivity index (χ2v) is 7.08. The summed E-state index contributed by atoms with van der Waals surface area (Å²) in [7, 11) is 0. The summed E-state index contributed by atoms with van der Waals surface area (Å²) in [6, 6.07) is 11.8. The Bertz CT molecular complexity index is 718. The summed E-state index contributed by atoms with van der Waals surface area (Å²) in [5, 5.41) is 8.95. The van der Waals surface area contributed by atoms with Gasteiger partial charge in [0.05, 0.1) is 5.25 Å². The third-order valence-electron chi connectivity index (χ3n) is 4.23. The number of carboxylic acid groups (broad SMARTS) is 1. The Balaban J connectivity index is 2.36. The van der Waals surface area contributed by atoms with Gasteiger partial charge in [-0.05, 0) is 47.2 Å². The van der Waals surface area contributed by atoms with Crippen LogP contribution < -0.4 is 5.73 Å². The molecule has 0 aliphatic carbocycles. The third-order valence-corrected chi connectivity index (χ3v) is 5.66. The standard InChI is InChI=1S/C20H24FNO2S/c1-3-13-5-6-16(11-14(13)4-2)19(25-12-18(22)20(23)24)15-7-9-17(21)10-8-15/h5-11,18-19H,3-4,12,22H2,1-2H3,(H,23,24)/t18-,19?/m0/s1. The fourth-order valence-electron chi connectivity index (χ4n) is 2.78. The Morgan fingerprint density at radius 1 is 1.08 bits per heavy atom. The van der Waals surface area contributed by atoms with Crippen molar-refractivity contribution in [2.75, 3.05) is 5.75 Å². The van der Waals surface area contributed by atoms with Crippen LogP contribution in [0.25, 0.3) is 0 Å². The molecular weight excluding hydrogens is 337 g/mol. The molecule has 0 radical (unpaired) electrons. The van der Waals surface area contributed by atoms with E-state index in [0.29, 0.717) is 0 Å². The zero-order valence-corrected chi connectivity index (χ0v) is 15.4. The second kappa shape index (κ2) is 9.02. The Morgan fingerprint density at radius 2 is 1.68 bits per heavy atom. The van der Waals surface area contributed by atoms with Crippen molar-refractivity contribution in [3.63, 3.8) is 0 Å². The van der Waals surface area contributed by atoms with E-state index in [1.54, 1.807) is 12.1 Å². The quantitative estimate of drug-likeness (QED) is 0.740. The highest BCUT2D eigenvalue weighted by molar-refractivity contribution is 7.99. The van der Waals surface area contributed by atoms with Gasteiger partial charge in [-0.25, -0.2) is 4.39 Å². The highest BCUT2D eigenvalue weighted by atomic mass is 32.2. The maximum Gasteiger partial charge on any atom is 0.321 e. The van der Waals surface area contributed by atoms with E-state index in [1.807, 2.05) is 0 Å². The van der Waals surface area contributed by atoms with Gasteiger partial charge in [0.1, 0.15) is 11.9 Å². The SMILES string of the molecule is CCc1ccc(C(SC[C@H](N)C(=O)O)c2ccc(F)cc2)cc1CC. The average molecular weight is 361 g/mol. The molecule has 0 spiro atoms. The van der Waals surface area contributed by atoms with Gasteiger partial charge >= 0.3 is 5.97 Å². The molecule has 0 aliphatic heterocycles. The number of benzene rings is 2. The maximum atomic E-state index is 13.3. The van der Waals surface area contributed by atoms with E-state index in [-0.39, 0.29) is 16.8 Å². The normalized spacial score (nSPS) is 13.4. The molecule has 0 aliphatic rings. The lowest BCUT2D eigenvalue weighted by Gasteiger charge is -2.20. The van der Waals surface area contributed by atoms with Gasteiger partial charge in [-0.1, -0.05) is 44.2 Å². The van der Waals surface area contributed by atoms with Crippen molar-refractivity contribution in [1.29, 1.82) is 0 Å². The highest BCUT2D eigenvalue weighted by Gasteiger charge is 2.20. The molecule has 0 aromatic heterocycles. The third kappa shape index (κ3) is 5.06. The number of thioether (sulfide) groups is 1. The molecule has 1 unspecified atom stereocenters. The Labute approximate surface area is 152 Å². The topological polar surface area (TPSA) is 63.3 Å². The number of rotatable bonds is 8. The molecule has 0 bridgehead atoms. The lowest BCUT2D eigenvalue weighted by molar-refractivity contribution is -0.137. The first-order valence-electron chi connectivity index (χ1n) is 8.43. The van der Waals surface area contributed by atoms with E-state index in [1.165, 1.54) is 35.0 Å². The van der Waals surface area contributed by atoms with E-state index in [0.717, 1.165) is 24.0 Å². The fraction of sp³-hybridized carbons (Fsp3) is 0.350. The van der Waals surface area contributed by atoms with Crippen LogP contribution in [0.1, 0.15) is 41.4 Å². The molecule has 5 heteroatoms. The van der Waals surface area contributed by atoms with Gasteiger partial charge in [0.15, 0.2) is 0 Å². The molecule has 3 nitrogen and oxygen atoms in total. The van der Waals surface area contributed by atoms with Crippen molar-refractivity contribution in [3.8, 4) is 0 Å². The van der Waals surface area contributed by atoms with Crippen molar-refractivity contribution >= 4 is 17.7 Å². The van der Waals surface area contributed by atoms with Crippen LogP contribution in [0.5, 0.6) is 0 Å². The first kappa shape index (κ1) is 19.5. The second-order valence-electron chi connectivity index (χ2n) is 5.94. The van der Waals surface area contributed by atoms with Gasteiger partial charge in [0.25, 0.3) is 0 Å². The Morgan fingerprint density at radius 3 is 2.24 bits per heavy atom. The van der Waals surface area contributed by atoms with Crippen LogP contribution in [0.4, 0.5) is 4.39 Å². The fourth-order valence-corrected chi connectivity index (χ4v) is 4.01. The molecular formula is C20H24FNO2S. The summed E-state index contributed by atoms with van der Waals surface area (Å²) >= 11 is 1.47. The molecule has 0 heterocycles. The lowest BCUT2D eigenvalue weighted by atomic mass is 9.96. The minimum atomic E-state index is -1.01. The molecule has 0 fully saturated rings. The van der Waals surface area contributed by atoms with Crippen molar-refractivity contribution in [2.45, 2.75) is 38.0 Å². The van der Waals surface area contributed by atoms with Crippen molar-refractivity contribution < 1.29 is 14.3 Å². The van der Waals surface area contributed by atoms with Crippen LogP contribution in [-0.4, -0.2) is 22.9 Å². The molecule has 0 saturated heterocycles. The van der Waals surface area contributed by atoms with Gasteiger partial charge in [0.2, 0.25) is 0 Å². The molecule has 25 heavy (non-hydrogen) atoms. The number of nitrogens with two attached hydrogens (primary N) is 1. The van der Waals surface area contributed by atoms with Gasteiger partial charge in [-0.2, -0.15) is 0 Å². The summed E-state index contributed by atoms with van der Waals surface area (Å²) in [6.45, 7) is 4.25. The lowest BCUT2D eigenvalue weighted by Crippen LogP contribution is -2.32. The number of hydrogen-bond donors (Lipinski definition) is 2. The van der Waals surface area contributed by atoms with Crippen LogP contribution in [0.2, 0.25) is 0 Å². The van der Waals surface area contributed by atoms with Gasteiger partial charge in [-0.3, -0.25) is 4.79 Å². The number of hydrogen-bond acceptors (Lipinski definition) is 3. The monoisotopic (exact) mass is 361 g/mol. The number of aliphatic carboxylic acids is 1. The summed E-state index contributed by atoms with van der Waals surface area (Å²) in [6.07, 6.45) is 1.91. The smallest absolute Gasteiger partial charge is 0.321 e. The molecule has 0 saturated carbocycles. The largest absolute Gasteiger partial charge is 0.480 e. The van der Waals surface area contributed by atoms with Crippen LogP contribution in [-0.2, 0) is 17.6 Å².